The van der Waals surface area contributed by atoms with E-state index >= 15 is 0 Å². The molecule has 1 heteroatoms. The number of hydrogen-bond donors (Lipinski definition) is 1. The molecule has 78 valence electrons. The summed E-state index contributed by atoms with van der Waals surface area (Å²) in [5.41, 5.74) is 0.795. The molecule has 13 heavy (non-hydrogen) atoms. The summed E-state index contributed by atoms with van der Waals surface area (Å²) in [5.74, 6) is 0. The summed E-state index contributed by atoms with van der Waals surface area (Å²) in [6, 6.07) is 0. The molecule has 2 rings (SSSR count). The lowest BCUT2D eigenvalue weighted by molar-refractivity contribution is 0.134. The van der Waals surface area contributed by atoms with Crippen LogP contribution in [-0.2, 0) is 0 Å². The first-order valence-electron chi connectivity index (χ1n) is 6.12. The first-order valence-corrected chi connectivity index (χ1v) is 6.12. The summed E-state index contributed by atoms with van der Waals surface area (Å²) in [4.78, 5) is 0. The predicted molar refractivity (Wildman–Crippen MR) is 59.0 cm³/mol. The van der Waals surface area contributed by atoms with Gasteiger partial charge in [-0.05, 0) is 44.2 Å². The Morgan fingerprint density at radius 1 is 0.769 bits per heavy atom. The van der Waals surface area contributed by atoms with E-state index in [1.54, 1.807) is 0 Å². The van der Waals surface area contributed by atoms with E-state index in [2.05, 4.69) is 5.32 Å². The second-order valence-corrected chi connectivity index (χ2v) is 4.31. The molecule has 1 aliphatic heterocycles. The van der Waals surface area contributed by atoms with Gasteiger partial charge in [-0.2, -0.15) is 0 Å². The molecule has 1 saturated carbocycles. The molecule has 1 saturated heterocycles. The van der Waals surface area contributed by atoms with Crippen LogP contribution in [0.25, 0.3) is 0 Å². The molecular weight excluding hydrogens is 158 g/mol. The van der Waals surface area contributed by atoms with Crippen LogP contribution in [0.1, 0.15) is 58.8 Å². The second-order valence-electron chi connectivity index (χ2n) is 4.31. The lowest BCUT2D eigenvalue weighted by Gasteiger charge is -2.40. The average Bonchev–Trinajstić information content (AvgIpc) is 2.23. The minimum Gasteiger partial charge on any atom is -0.317 e. The van der Waals surface area contributed by atoms with E-state index in [0.29, 0.717) is 0 Å². The third kappa shape index (κ3) is 2.98. The van der Waals surface area contributed by atoms with Gasteiger partial charge in [0.1, 0.15) is 0 Å². The molecule has 1 nitrogen and oxygen atoms in total. The molecule has 0 atom stereocenters. The molecule has 0 bridgehead atoms. The molecule has 2 fully saturated rings. The molecule has 1 N–H and O–H groups in total. The maximum Gasteiger partial charge on any atom is -0.00436 e. The number of rotatable bonds is 0. The Hall–Kier alpha value is -0.0400. The van der Waals surface area contributed by atoms with Crippen molar-refractivity contribution in [3.05, 3.63) is 0 Å². The van der Waals surface area contributed by atoms with Gasteiger partial charge >= 0.3 is 0 Å². The minimum absolute atomic E-state index is 0.795. The van der Waals surface area contributed by atoms with Gasteiger partial charge in [0.2, 0.25) is 0 Å². The predicted octanol–water partition coefficient (Wildman–Crippen LogP) is 3.35. The van der Waals surface area contributed by atoms with Crippen molar-refractivity contribution in [3.8, 4) is 0 Å². The fraction of sp³-hybridized carbons (Fsp3) is 1.00. The van der Waals surface area contributed by atoms with Crippen LogP contribution in [0.3, 0.4) is 0 Å². The SMILES string of the molecule is C1CCC2(CC1)CCNCC2.CC. The highest BCUT2D eigenvalue weighted by atomic mass is 14.9. The summed E-state index contributed by atoms with van der Waals surface area (Å²) in [6.07, 6.45) is 10.4. The Morgan fingerprint density at radius 2 is 1.31 bits per heavy atom. The Bertz CT molecular complexity index is 99.6. The molecule has 1 spiro atoms. The van der Waals surface area contributed by atoms with Crippen molar-refractivity contribution < 1.29 is 0 Å². The first kappa shape index (κ1) is 11.0. The fourth-order valence-electron chi connectivity index (χ4n) is 2.76. The molecular formula is C12H25N. The van der Waals surface area contributed by atoms with E-state index in [-0.39, 0.29) is 0 Å². The third-order valence-corrected chi connectivity index (χ3v) is 3.58. The topological polar surface area (TPSA) is 12.0 Å². The Kier molecular flexibility index (Phi) is 4.79. The number of piperidine rings is 1. The van der Waals surface area contributed by atoms with Gasteiger partial charge in [-0.3, -0.25) is 0 Å². The third-order valence-electron chi connectivity index (χ3n) is 3.58. The van der Waals surface area contributed by atoms with Crippen molar-refractivity contribution in [2.24, 2.45) is 5.41 Å². The average molecular weight is 183 g/mol. The van der Waals surface area contributed by atoms with Crippen molar-refractivity contribution >= 4 is 0 Å². The van der Waals surface area contributed by atoms with E-state index in [1.807, 2.05) is 13.8 Å². The van der Waals surface area contributed by atoms with Crippen molar-refractivity contribution in [1.29, 1.82) is 0 Å². The lowest BCUT2D eigenvalue weighted by atomic mass is 9.68. The Labute approximate surface area is 83.3 Å². The molecule has 1 aliphatic carbocycles. The van der Waals surface area contributed by atoms with Crippen molar-refractivity contribution in [3.63, 3.8) is 0 Å². The Morgan fingerprint density at radius 3 is 1.85 bits per heavy atom. The zero-order valence-electron chi connectivity index (χ0n) is 9.36. The molecule has 0 aromatic rings. The summed E-state index contributed by atoms with van der Waals surface area (Å²) in [6.45, 7) is 6.56. The Balaban J connectivity index is 0.000000396. The molecule has 0 unspecified atom stereocenters. The van der Waals surface area contributed by atoms with Crippen LogP contribution in [0, 0.1) is 5.41 Å². The van der Waals surface area contributed by atoms with Crippen LogP contribution in [0.4, 0.5) is 0 Å². The number of hydrogen-bond acceptors (Lipinski definition) is 1. The van der Waals surface area contributed by atoms with E-state index in [1.165, 1.54) is 58.0 Å². The normalized spacial score (nSPS) is 26.3. The minimum atomic E-state index is 0.795. The first-order chi connectivity index (χ1) is 6.41. The maximum absolute atomic E-state index is 3.46. The van der Waals surface area contributed by atoms with Gasteiger partial charge in [-0.15, -0.1) is 0 Å². The summed E-state index contributed by atoms with van der Waals surface area (Å²) in [5, 5.41) is 3.46. The summed E-state index contributed by atoms with van der Waals surface area (Å²) in [7, 11) is 0. The van der Waals surface area contributed by atoms with Crippen molar-refractivity contribution in [1.82, 2.24) is 5.32 Å². The molecule has 0 aromatic heterocycles. The zero-order chi connectivity index (χ0) is 9.57. The fourth-order valence-corrected chi connectivity index (χ4v) is 2.76. The van der Waals surface area contributed by atoms with E-state index in [4.69, 9.17) is 0 Å². The van der Waals surface area contributed by atoms with E-state index in [9.17, 15) is 0 Å². The quantitative estimate of drug-likeness (QED) is 0.607. The molecule has 2 aliphatic rings. The van der Waals surface area contributed by atoms with E-state index in [0.717, 1.165) is 5.41 Å². The highest BCUT2D eigenvalue weighted by Crippen LogP contribution is 2.42. The van der Waals surface area contributed by atoms with Crippen LogP contribution in [0.5, 0.6) is 0 Å². The van der Waals surface area contributed by atoms with Crippen LogP contribution in [0.2, 0.25) is 0 Å². The highest BCUT2D eigenvalue weighted by molar-refractivity contribution is 4.86. The van der Waals surface area contributed by atoms with Crippen LogP contribution in [-0.4, -0.2) is 13.1 Å². The van der Waals surface area contributed by atoms with Gasteiger partial charge in [0.05, 0.1) is 0 Å². The highest BCUT2D eigenvalue weighted by Gasteiger charge is 2.32. The van der Waals surface area contributed by atoms with Crippen LogP contribution >= 0.6 is 0 Å². The smallest absolute Gasteiger partial charge is 0.00436 e. The van der Waals surface area contributed by atoms with Gasteiger partial charge in [0, 0.05) is 0 Å². The van der Waals surface area contributed by atoms with Crippen LogP contribution < -0.4 is 5.32 Å². The summed E-state index contributed by atoms with van der Waals surface area (Å²) >= 11 is 0. The second kappa shape index (κ2) is 5.64. The standard InChI is InChI=1S/C10H19N.C2H6/c1-2-4-10(5-3-1)6-8-11-9-7-10;1-2/h11H,1-9H2;1-2H3. The van der Waals surface area contributed by atoms with Crippen molar-refractivity contribution in [2.45, 2.75) is 58.8 Å². The van der Waals surface area contributed by atoms with Crippen molar-refractivity contribution in [2.75, 3.05) is 13.1 Å². The molecule has 0 radical (unpaired) electrons. The van der Waals surface area contributed by atoms with Gasteiger partial charge in [-0.25, -0.2) is 0 Å². The molecule has 0 aromatic carbocycles. The summed E-state index contributed by atoms with van der Waals surface area (Å²) < 4.78 is 0. The van der Waals surface area contributed by atoms with Gasteiger partial charge < -0.3 is 5.32 Å². The zero-order valence-corrected chi connectivity index (χ0v) is 9.36. The monoisotopic (exact) mass is 183 g/mol. The molecule has 0 amide bonds. The molecule has 1 heterocycles. The number of nitrogens with one attached hydrogen (secondary N) is 1. The largest absolute Gasteiger partial charge is 0.317 e. The maximum atomic E-state index is 3.46. The van der Waals surface area contributed by atoms with Crippen LogP contribution in [0.15, 0.2) is 0 Å². The lowest BCUT2D eigenvalue weighted by Crippen LogP contribution is -2.37. The van der Waals surface area contributed by atoms with Gasteiger partial charge in [0.15, 0.2) is 0 Å². The van der Waals surface area contributed by atoms with Gasteiger partial charge in [0.25, 0.3) is 0 Å². The van der Waals surface area contributed by atoms with Gasteiger partial charge in [-0.1, -0.05) is 33.1 Å². The van der Waals surface area contributed by atoms with E-state index < -0.39 is 0 Å².